The number of carbonyl (C=O) groups is 1. The number of primary amides is 1. The molecule has 5 rings (SSSR count). The van der Waals surface area contributed by atoms with Crippen LogP contribution < -0.4 is 17.2 Å². The van der Waals surface area contributed by atoms with E-state index < -0.39 is 97.6 Å². The number of hydrogen-bond acceptors (Lipinski definition) is 19. The average molecular weight is 788 g/mol. The third-order valence-electron chi connectivity index (χ3n) is 7.92. The Bertz CT molecular complexity index is 1830. The second-order valence-electron chi connectivity index (χ2n) is 11.4. The molecule has 284 valence electrons. The van der Waals surface area contributed by atoms with Gasteiger partial charge in [-0.1, -0.05) is 6.08 Å². The molecule has 3 aliphatic heterocycles. The summed E-state index contributed by atoms with van der Waals surface area (Å²) in [7, 11) is -16.5. The van der Waals surface area contributed by atoms with E-state index in [1.165, 1.54) is 23.4 Å². The van der Waals surface area contributed by atoms with E-state index in [9.17, 15) is 53.4 Å². The molecule has 3 aliphatic rings. The van der Waals surface area contributed by atoms with E-state index in [1.807, 2.05) is 0 Å². The van der Waals surface area contributed by atoms with Crippen LogP contribution in [0.25, 0.3) is 11.2 Å². The van der Waals surface area contributed by atoms with Crippen molar-refractivity contribution < 1.29 is 80.7 Å². The van der Waals surface area contributed by atoms with E-state index in [0.29, 0.717) is 0 Å². The van der Waals surface area contributed by atoms with Gasteiger partial charge < -0.3 is 66.5 Å². The number of amides is 1. The Balaban J connectivity index is 1.27. The highest BCUT2D eigenvalue weighted by Crippen LogP contribution is 2.61. The van der Waals surface area contributed by atoms with Crippen LogP contribution in [0.15, 0.2) is 36.7 Å². The van der Waals surface area contributed by atoms with Crippen molar-refractivity contribution in [3.63, 3.8) is 0 Å². The second kappa shape index (κ2) is 14.9. The SMILES string of the molecule is NCC[C@]1(COP(=O)(O)OP(=O)(O)OC[C@H]2O[C@@H](N3C=CCC(C(N)=O)=C3)[C@H](O)[C@@H]2O)O[C@@H](n2cnc3c(N)ncnc32)[C@H](OP(=O)(O)O)[C@H]1O. The maximum Gasteiger partial charge on any atom is 0.481 e. The first-order valence-electron chi connectivity index (χ1n) is 14.6. The molecule has 1 amide bonds. The highest BCUT2D eigenvalue weighted by Gasteiger charge is 2.59. The zero-order valence-corrected chi connectivity index (χ0v) is 28.7. The van der Waals surface area contributed by atoms with E-state index in [0.717, 1.165) is 17.2 Å². The molecule has 2 fully saturated rings. The first-order chi connectivity index (χ1) is 23.8. The van der Waals surface area contributed by atoms with Crippen LogP contribution in [0.5, 0.6) is 0 Å². The van der Waals surface area contributed by atoms with E-state index >= 15 is 0 Å². The number of aliphatic hydroxyl groups is 3. The molecule has 2 unspecified atom stereocenters. The van der Waals surface area contributed by atoms with Crippen molar-refractivity contribution in [1.29, 1.82) is 0 Å². The van der Waals surface area contributed by atoms with Crippen molar-refractivity contribution in [2.24, 2.45) is 11.5 Å². The zero-order valence-electron chi connectivity index (χ0n) is 26.0. The number of nitrogens with zero attached hydrogens (tertiary/aromatic N) is 5. The number of hydrogen-bond donors (Lipinski definition) is 10. The van der Waals surface area contributed by atoms with Gasteiger partial charge in [-0.2, -0.15) is 4.31 Å². The number of rotatable bonds is 15. The van der Waals surface area contributed by atoms with Crippen LogP contribution in [0.3, 0.4) is 0 Å². The van der Waals surface area contributed by atoms with Crippen LogP contribution in [0, 0.1) is 0 Å². The smallest absolute Gasteiger partial charge is 0.387 e. The molecule has 2 saturated heterocycles. The number of aliphatic hydroxyl groups excluding tert-OH is 3. The molecular weight excluding hydrogens is 753 g/mol. The monoisotopic (exact) mass is 788 g/mol. The van der Waals surface area contributed by atoms with Crippen molar-refractivity contribution in [2.75, 3.05) is 25.5 Å². The molecule has 0 saturated carbocycles. The van der Waals surface area contributed by atoms with Crippen LogP contribution in [0.2, 0.25) is 0 Å². The summed E-state index contributed by atoms with van der Waals surface area (Å²) in [5, 5.41) is 32.2. The fourth-order valence-corrected chi connectivity index (χ4v) is 8.24. The number of ether oxygens (including phenoxy) is 2. The van der Waals surface area contributed by atoms with Crippen molar-refractivity contribution in [1.82, 2.24) is 24.4 Å². The Kier molecular flexibility index (Phi) is 11.5. The molecule has 28 heteroatoms. The third kappa shape index (κ3) is 8.73. The second-order valence-corrected chi connectivity index (χ2v) is 15.6. The molecule has 0 spiro atoms. The summed E-state index contributed by atoms with van der Waals surface area (Å²) >= 11 is 0. The van der Waals surface area contributed by atoms with Gasteiger partial charge in [0.05, 0.1) is 19.5 Å². The van der Waals surface area contributed by atoms with Gasteiger partial charge in [-0.3, -0.25) is 22.9 Å². The molecule has 51 heavy (non-hydrogen) atoms. The number of aromatic nitrogens is 4. The van der Waals surface area contributed by atoms with Crippen LogP contribution in [0.4, 0.5) is 5.82 Å². The summed E-state index contributed by atoms with van der Waals surface area (Å²) in [6.45, 7) is -2.43. The zero-order chi connectivity index (χ0) is 37.5. The number of fused-ring (bicyclic) bond motifs is 1. The quantitative estimate of drug-likeness (QED) is 0.0812. The van der Waals surface area contributed by atoms with Crippen LogP contribution in [-0.2, 0) is 45.8 Å². The lowest BCUT2D eigenvalue weighted by Crippen LogP contribution is -2.48. The standard InChI is InChI=1S/C23H35N8O17P3/c24-4-3-23(17(34)16(47-49(36,37)38)22(46-23)31-10-29-13-18(25)27-9-28-20(13)31)8-44-51(41,42)48-50(39,40)43-7-12-14(32)15(33)21(45-12)30-5-1-2-11(6-30)19(26)35/h1,5-6,9-10,12,14-17,21-22,32-34H,2-4,7-8,24H2,(H2,26,35)(H,39,40)(H,41,42)(H2,25,27,28)(H2,36,37,38)/t12-,14-,15-,16-,17-,21-,22-,23-/m1/s1. The van der Waals surface area contributed by atoms with Gasteiger partial charge in [-0.15, -0.1) is 0 Å². The van der Waals surface area contributed by atoms with Gasteiger partial charge in [0.25, 0.3) is 0 Å². The maximum absolute atomic E-state index is 12.9. The predicted molar refractivity (Wildman–Crippen MR) is 165 cm³/mol. The molecule has 0 radical (unpaired) electrons. The van der Waals surface area contributed by atoms with E-state index in [-0.39, 0.29) is 35.5 Å². The normalized spacial score (nSPS) is 32.2. The molecule has 0 aliphatic carbocycles. The Morgan fingerprint density at radius 3 is 2.41 bits per heavy atom. The molecular formula is C23H35N8O17P3. The highest BCUT2D eigenvalue weighted by molar-refractivity contribution is 7.61. The Morgan fingerprint density at radius 1 is 1.04 bits per heavy atom. The van der Waals surface area contributed by atoms with Crippen molar-refractivity contribution in [3.8, 4) is 0 Å². The van der Waals surface area contributed by atoms with Crippen molar-refractivity contribution in [2.45, 2.75) is 61.4 Å². The number of nitrogens with two attached hydrogens (primary N) is 3. The van der Waals surface area contributed by atoms with Crippen molar-refractivity contribution in [3.05, 3.63) is 36.7 Å². The number of carbonyl (C=O) groups excluding carboxylic acids is 1. The number of anilines is 1. The lowest BCUT2D eigenvalue weighted by atomic mass is 9.92. The summed E-state index contributed by atoms with van der Waals surface area (Å²) in [5.41, 5.74) is 14.8. The maximum atomic E-state index is 12.9. The molecule has 13 N–H and O–H groups in total. The Hall–Kier alpha value is -2.77. The third-order valence-corrected chi connectivity index (χ3v) is 11.0. The molecule has 5 heterocycles. The lowest BCUT2D eigenvalue weighted by molar-refractivity contribution is -0.128. The molecule has 0 aromatic carbocycles. The van der Waals surface area contributed by atoms with Gasteiger partial charge in [0.2, 0.25) is 5.91 Å². The van der Waals surface area contributed by atoms with Crippen LogP contribution >= 0.6 is 23.5 Å². The van der Waals surface area contributed by atoms with E-state index in [2.05, 4.69) is 19.3 Å². The molecule has 2 aromatic heterocycles. The minimum absolute atomic E-state index is 0.0209. The number of imidazole rings is 1. The predicted octanol–water partition coefficient (Wildman–Crippen LogP) is -2.85. The van der Waals surface area contributed by atoms with Gasteiger partial charge in [0, 0.05) is 18.0 Å². The minimum atomic E-state index is -5.63. The number of nitrogen functional groups attached to an aromatic ring is 1. The first-order valence-corrected chi connectivity index (χ1v) is 19.1. The largest absolute Gasteiger partial charge is 0.481 e. The average Bonchev–Trinajstić information content (AvgIpc) is 3.68. The van der Waals surface area contributed by atoms with Gasteiger partial charge in [0.1, 0.15) is 48.0 Å². The van der Waals surface area contributed by atoms with Gasteiger partial charge in [-0.25, -0.2) is 28.6 Å². The van der Waals surface area contributed by atoms with Crippen LogP contribution in [-0.4, -0.2) is 127 Å². The van der Waals surface area contributed by atoms with Gasteiger partial charge in [-0.05, 0) is 19.4 Å². The fraction of sp³-hybridized carbons (Fsp3) is 0.565. The van der Waals surface area contributed by atoms with Gasteiger partial charge >= 0.3 is 23.5 Å². The summed E-state index contributed by atoms with van der Waals surface area (Å²) in [4.78, 5) is 64.4. The summed E-state index contributed by atoms with van der Waals surface area (Å²) in [6.07, 6.45) is -5.58. The highest BCUT2D eigenvalue weighted by atomic mass is 31.3. The Labute approximate surface area is 286 Å². The molecule has 2 aromatic rings. The summed E-state index contributed by atoms with van der Waals surface area (Å²) < 4.78 is 68.8. The molecule has 10 atom stereocenters. The summed E-state index contributed by atoms with van der Waals surface area (Å²) in [6, 6.07) is 0. The number of phosphoric acid groups is 3. The number of phosphoric ester groups is 3. The first kappa shape index (κ1) is 39.4. The molecule has 25 nitrogen and oxygen atoms in total. The molecule has 0 bridgehead atoms. The van der Waals surface area contributed by atoms with E-state index in [4.69, 9.17) is 40.2 Å². The van der Waals surface area contributed by atoms with Crippen LogP contribution in [0.1, 0.15) is 19.1 Å². The van der Waals surface area contributed by atoms with Gasteiger partial charge in [0.15, 0.2) is 23.9 Å². The topological polar surface area (TPSA) is 390 Å². The Morgan fingerprint density at radius 2 is 1.75 bits per heavy atom. The summed E-state index contributed by atoms with van der Waals surface area (Å²) in [5.74, 6) is -0.814. The van der Waals surface area contributed by atoms with Crippen molar-refractivity contribution >= 4 is 46.4 Å². The fourth-order valence-electron chi connectivity index (χ4n) is 5.56. The van der Waals surface area contributed by atoms with E-state index in [1.54, 1.807) is 0 Å². The minimum Gasteiger partial charge on any atom is -0.387 e. The number of allylic oxidation sites excluding steroid dienone is 1. The lowest BCUT2D eigenvalue weighted by Gasteiger charge is -2.32.